The molecular weight excluding hydrogens is 188 g/mol. The molecule has 1 aliphatic carbocycles. The summed E-state index contributed by atoms with van der Waals surface area (Å²) in [7, 11) is 0. The fraction of sp³-hybridized carbons (Fsp3) is 1.00. The maximum absolute atomic E-state index is 13.5. The van der Waals surface area contributed by atoms with Crippen molar-refractivity contribution in [1.29, 1.82) is 0 Å². The molecule has 1 N–H and O–H groups in total. The third kappa shape index (κ3) is 1.80. The highest BCUT2D eigenvalue weighted by atomic mass is 19.4. The number of hydrogen-bond donors (Lipinski definition) is 1. The lowest BCUT2D eigenvalue weighted by Gasteiger charge is -2.37. The number of rotatable bonds is 1. The summed E-state index contributed by atoms with van der Waals surface area (Å²) in [5.41, 5.74) is -3.17. The molecule has 0 aliphatic heterocycles. The average Bonchev–Trinajstić information content (AvgIpc) is 2.03. The van der Waals surface area contributed by atoms with E-state index < -0.39 is 30.8 Å². The lowest BCUT2D eigenvalue weighted by molar-refractivity contribution is -0.260. The van der Waals surface area contributed by atoms with Gasteiger partial charge < -0.3 is 5.11 Å². The number of aliphatic hydroxyl groups excluding tert-OH is 1. The fourth-order valence-corrected chi connectivity index (χ4v) is 1.82. The summed E-state index contributed by atoms with van der Waals surface area (Å²) < 4.78 is 50.3. The topological polar surface area (TPSA) is 20.2 Å². The second kappa shape index (κ2) is 3.44. The van der Waals surface area contributed by atoms with Gasteiger partial charge in [0.05, 0.1) is 0 Å². The van der Waals surface area contributed by atoms with Crippen LogP contribution in [0.15, 0.2) is 0 Å². The highest BCUT2D eigenvalue weighted by molar-refractivity contribution is 4.96. The van der Waals surface area contributed by atoms with E-state index >= 15 is 0 Å². The molecule has 2 atom stereocenters. The fourth-order valence-electron chi connectivity index (χ4n) is 1.82. The largest absolute Gasteiger partial charge is 0.422 e. The molecule has 1 rings (SSSR count). The minimum Gasteiger partial charge on any atom is -0.396 e. The third-order valence-electron chi connectivity index (χ3n) is 2.68. The second-order valence-corrected chi connectivity index (χ2v) is 3.49. The minimum atomic E-state index is -4.85. The Hall–Kier alpha value is -0.320. The standard InChI is InChI=1S/C8H12F4O/c9-7(8(10,11)12)4-2-1-3-6(7)5-13/h6,13H,1-5H2. The van der Waals surface area contributed by atoms with Crippen LogP contribution in [0.25, 0.3) is 0 Å². The molecule has 0 aromatic rings. The first-order valence-electron chi connectivity index (χ1n) is 4.28. The number of halogens is 4. The summed E-state index contributed by atoms with van der Waals surface area (Å²) in [6, 6.07) is 0. The summed E-state index contributed by atoms with van der Waals surface area (Å²) in [5, 5.41) is 8.65. The van der Waals surface area contributed by atoms with Crippen molar-refractivity contribution in [2.45, 2.75) is 37.5 Å². The Morgan fingerprint density at radius 2 is 1.92 bits per heavy atom. The van der Waals surface area contributed by atoms with Gasteiger partial charge in [0.1, 0.15) is 0 Å². The molecule has 0 saturated heterocycles. The van der Waals surface area contributed by atoms with Crippen molar-refractivity contribution in [2.24, 2.45) is 5.92 Å². The number of aliphatic hydroxyl groups is 1. The maximum atomic E-state index is 13.5. The van der Waals surface area contributed by atoms with Gasteiger partial charge in [-0.1, -0.05) is 6.42 Å². The highest BCUT2D eigenvalue weighted by Crippen LogP contribution is 2.47. The lowest BCUT2D eigenvalue weighted by Crippen LogP contribution is -2.50. The molecule has 0 aromatic carbocycles. The third-order valence-corrected chi connectivity index (χ3v) is 2.68. The predicted octanol–water partition coefficient (Wildman–Crippen LogP) is 2.44. The number of alkyl halides is 4. The molecular formula is C8H12F4O. The van der Waals surface area contributed by atoms with Crippen molar-refractivity contribution in [3.63, 3.8) is 0 Å². The van der Waals surface area contributed by atoms with Gasteiger partial charge in [0.15, 0.2) is 0 Å². The van der Waals surface area contributed by atoms with Gasteiger partial charge in [0, 0.05) is 12.5 Å². The molecule has 0 bridgehead atoms. The van der Waals surface area contributed by atoms with Crippen molar-refractivity contribution in [1.82, 2.24) is 0 Å². The predicted molar refractivity (Wildman–Crippen MR) is 38.9 cm³/mol. The molecule has 2 unspecified atom stereocenters. The number of hydrogen-bond acceptors (Lipinski definition) is 1. The molecule has 13 heavy (non-hydrogen) atoms. The van der Waals surface area contributed by atoms with Crippen molar-refractivity contribution in [3.8, 4) is 0 Å². The van der Waals surface area contributed by atoms with Crippen molar-refractivity contribution in [3.05, 3.63) is 0 Å². The van der Waals surface area contributed by atoms with Crippen LogP contribution in [-0.2, 0) is 0 Å². The van der Waals surface area contributed by atoms with E-state index in [9.17, 15) is 17.6 Å². The van der Waals surface area contributed by atoms with Crippen LogP contribution < -0.4 is 0 Å². The molecule has 0 spiro atoms. The van der Waals surface area contributed by atoms with E-state index in [1.807, 2.05) is 0 Å². The second-order valence-electron chi connectivity index (χ2n) is 3.49. The molecule has 78 valence electrons. The monoisotopic (exact) mass is 200 g/mol. The van der Waals surface area contributed by atoms with Crippen LogP contribution in [0.3, 0.4) is 0 Å². The first kappa shape index (κ1) is 10.8. The summed E-state index contributed by atoms with van der Waals surface area (Å²) in [6.07, 6.45) is -4.44. The zero-order valence-corrected chi connectivity index (χ0v) is 7.07. The van der Waals surface area contributed by atoms with Gasteiger partial charge >= 0.3 is 6.18 Å². The summed E-state index contributed by atoms with van der Waals surface area (Å²) in [5.74, 6) is -1.28. The van der Waals surface area contributed by atoms with Gasteiger partial charge in [-0.2, -0.15) is 13.2 Å². The van der Waals surface area contributed by atoms with Gasteiger partial charge in [-0.15, -0.1) is 0 Å². The Labute approximate surface area is 73.7 Å². The Bertz CT molecular complexity index is 179. The molecule has 0 amide bonds. The van der Waals surface area contributed by atoms with Gasteiger partial charge in [-0.3, -0.25) is 0 Å². The molecule has 1 nitrogen and oxygen atoms in total. The highest BCUT2D eigenvalue weighted by Gasteiger charge is 2.60. The Morgan fingerprint density at radius 1 is 1.31 bits per heavy atom. The average molecular weight is 200 g/mol. The van der Waals surface area contributed by atoms with Crippen LogP contribution >= 0.6 is 0 Å². The zero-order valence-electron chi connectivity index (χ0n) is 7.07. The van der Waals surface area contributed by atoms with E-state index in [-0.39, 0.29) is 12.8 Å². The summed E-state index contributed by atoms with van der Waals surface area (Å²) in [6.45, 7) is -0.726. The van der Waals surface area contributed by atoms with Gasteiger partial charge in [-0.05, 0) is 19.3 Å². The smallest absolute Gasteiger partial charge is 0.396 e. The normalized spacial score (nSPS) is 36.2. The minimum absolute atomic E-state index is 0.118. The van der Waals surface area contributed by atoms with Crippen molar-refractivity contribution >= 4 is 0 Å². The Morgan fingerprint density at radius 3 is 2.31 bits per heavy atom. The Balaban J connectivity index is 2.83. The van der Waals surface area contributed by atoms with E-state index in [2.05, 4.69) is 0 Å². The van der Waals surface area contributed by atoms with Gasteiger partial charge in [0.25, 0.3) is 0 Å². The Kier molecular flexibility index (Phi) is 2.85. The molecule has 0 heterocycles. The van der Waals surface area contributed by atoms with E-state index in [1.165, 1.54) is 0 Å². The molecule has 1 saturated carbocycles. The van der Waals surface area contributed by atoms with Crippen LogP contribution in [-0.4, -0.2) is 23.6 Å². The molecule has 1 aliphatic rings. The molecule has 5 heteroatoms. The van der Waals surface area contributed by atoms with Crippen LogP contribution in [0.2, 0.25) is 0 Å². The molecule has 1 fully saturated rings. The lowest BCUT2D eigenvalue weighted by atomic mass is 9.76. The summed E-state index contributed by atoms with van der Waals surface area (Å²) in [4.78, 5) is 0. The van der Waals surface area contributed by atoms with Crippen LogP contribution in [0.5, 0.6) is 0 Å². The van der Waals surface area contributed by atoms with Crippen LogP contribution in [0, 0.1) is 5.92 Å². The quantitative estimate of drug-likeness (QED) is 0.644. The first-order valence-corrected chi connectivity index (χ1v) is 4.28. The van der Waals surface area contributed by atoms with Crippen molar-refractivity contribution < 1.29 is 22.7 Å². The molecule has 0 radical (unpaired) electrons. The van der Waals surface area contributed by atoms with E-state index in [0.717, 1.165) is 0 Å². The van der Waals surface area contributed by atoms with Crippen LogP contribution in [0.4, 0.5) is 17.6 Å². The van der Waals surface area contributed by atoms with Gasteiger partial charge in [-0.25, -0.2) is 4.39 Å². The SMILES string of the molecule is OCC1CCCCC1(F)C(F)(F)F. The maximum Gasteiger partial charge on any atom is 0.422 e. The van der Waals surface area contributed by atoms with E-state index in [0.29, 0.717) is 6.42 Å². The summed E-state index contributed by atoms with van der Waals surface area (Å²) >= 11 is 0. The van der Waals surface area contributed by atoms with E-state index in [4.69, 9.17) is 5.11 Å². The van der Waals surface area contributed by atoms with E-state index in [1.54, 1.807) is 0 Å². The first-order chi connectivity index (χ1) is 5.92. The van der Waals surface area contributed by atoms with Crippen LogP contribution in [0.1, 0.15) is 25.7 Å². The zero-order chi connectivity index (χ0) is 10.1. The molecule has 0 aromatic heterocycles. The van der Waals surface area contributed by atoms with Gasteiger partial charge in [0.2, 0.25) is 5.67 Å². The van der Waals surface area contributed by atoms with Crippen molar-refractivity contribution in [2.75, 3.05) is 6.61 Å².